The molecule has 0 bridgehead atoms. The number of unbranched alkanes of at least 4 members (excludes halogenated alkanes) is 2. The second-order valence-corrected chi connectivity index (χ2v) is 4.66. The van der Waals surface area contributed by atoms with Crippen LogP contribution in [0.5, 0.6) is 5.75 Å². The van der Waals surface area contributed by atoms with E-state index in [0.29, 0.717) is 17.9 Å². The minimum atomic E-state index is -0.0984. The molecule has 0 aliphatic carbocycles. The molecule has 1 aromatic rings. The van der Waals surface area contributed by atoms with Crippen molar-refractivity contribution in [3.05, 3.63) is 24.0 Å². The Morgan fingerprint density at radius 3 is 3.00 bits per heavy atom. The molecule has 0 spiro atoms. The van der Waals surface area contributed by atoms with E-state index in [1.165, 1.54) is 18.0 Å². The lowest BCUT2D eigenvalue weighted by molar-refractivity contribution is 0.0950. The summed E-state index contributed by atoms with van der Waals surface area (Å²) in [5.74, 6) is 0.413. The van der Waals surface area contributed by atoms with Crippen LogP contribution < -0.4 is 10.1 Å². The van der Waals surface area contributed by atoms with E-state index in [4.69, 9.17) is 4.74 Å². The summed E-state index contributed by atoms with van der Waals surface area (Å²) in [5, 5.41) is 2.88. The molecule has 0 aromatic carbocycles. The number of hydrogen-bond donors (Lipinski definition) is 1. The van der Waals surface area contributed by atoms with E-state index < -0.39 is 0 Å². The first kappa shape index (κ1) is 14.2. The van der Waals surface area contributed by atoms with Crippen molar-refractivity contribution >= 4 is 28.5 Å². The first-order valence-corrected chi connectivity index (χ1v) is 7.14. The van der Waals surface area contributed by atoms with Crippen molar-refractivity contribution in [1.29, 1.82) is 0 Å². The molecule has 0 atom stereocenters. The first-order valence-electron chi connectivity index (χ1n) is 5.61. The van der Waals surface area contributed by atoms with Crippen LogP contribution in [0.25, 0.3) is 0 Å². The van der Waals surface area contributed by atoms with Gasteiger partial charge >= 0.3 is 0 Å². The Balaban J connectivity index is 2.41. The molecule has 1 amide bonds. The van der Waals surface area contributed by atoms with Crippen LogP contribution in [0.2, 0.25) is 0 Å². The third kappa shape index (κ3) is 4.89. The zero-order valence-electron chi connectivity index (χ0n) is 9.91. The van der Waals surface area contributed by atoms with Crippen LogP contribution in [-0.2, 0) is 0 Å². The quantitative estimate of drug-likeness (QED) is 0.468. The number of pyridine rings is 1. The highest BCUT2D eigenvalue weighted by atomic mass is 127. The molecule has 0 aliphatic heterocycles. The van der Waals surface area contributed by atoms with E-state index in [9.17, 15) is 4.79 Å². The third-order valence-corrected chi connectivity index (χ3v) is 3.11. The number of amides is 1. The van der Waals surface area contributed by atoms with Gasteiger partial charge in [-0.2, -0.15) is 0 Å². The number of hydrogen-bond acceptors (Lipinski definition) is 3. The van der Waals surface area contributed by atoms with Gasteiger partial charge in [0.1, 0.15) is 5.75 Å². The van der Waals surface area contributed by atoms with E-state index in [-0.39, 0.29) is 5.91 Å². The summed E-state index contributed by atoms with van der Waals surface area (Å²) in [7, 11) is 1.54. The number of halogens is 1. The van der Waals surface area contributed by atoms with Crippen LogP contribution in [0.4, 0.5) is 0 Å². The monoisotopic (exact) mass is 348 g/mol. The molecular weight excluding hydrogens is 331 g/mol. The molecule has 0 radical (unpaired) electrons. The standard InChI is InChI=1S/C12H17IN2O2/c1-17-11-9-14-8-5-10(11)12(16)15-7-4-2-3-6-13/h5,8-9H,2-4,6-7H2,1H3,(H,15,16). The molecule has 0 saturated heterocycles. The zero-order chi connectivity index (χ0) is 12.5. The lowest BCUT2D eigenvalue weighted by atomic mass is 10.2. The van der Waals surface area contributed by atoms with Gasteiger partial charge in [0.2, 0.25) is 0 Å². The molecule has 0 saturated carbocycles. The van der Waals surface area contributed by atoms with Crippen molar-refractivity contribution in [3.8, 4) is 5.75 Å². The number of nitrogens with one attached hydrogen (secondary N) is 1. The average molecular weight is 348 g/mol. The summed E-state index contributed by atoms with van der Waals surface area (Å²) in [4.78, 5) is 15.8. The highest BCUT2D eigenvalue weighted by Gasteiger charge is 2.10. The molecule has 17 heavy (non-hydrogen) atoms. The number of alkyl halides is 1. The molecular formula is C12H17IN2O2. The topological polar surface area (TPSA) is 51.2 Å². The molecule has 4 nitrogen and oxygen atoms in total. The van der Waals surface area contributed by atoms with Gasteiger partial charge in [-0.25, -0.2) is 0 Å². The summed E-state index contributed by atoms with van der Waals surface area (Å²) in [6, 6.07) is 1.67. The molecule has 0 aliphatic rings. The smallest absolute Gasteiger partial charge is 0.255 e. The highest BCUT2D eigenvalue weighted by Crippen LogP contribution is 2.15. The Morgan fingerprint density at radius 2 is 2.29 bits per heavy atom. The van der Waals surface area contributed by atoms with Gasteiger partial charge in [0.25, 0.3) is 5.91 Å². The Bertz CT molecular complexity index is 358. The van der Waals surface area contributed by atoms with E-state index in [0.717, 1.165) is 12.8 Å². The molecule has 1 rings (SSSR count). The lowest BCUT2D eigenvalue weighted by Crippen LogP contribution is -2.25. The maximum Gasteiger partial charge on any atom is 0.255 e. The van der Waals surface area contributed by atoms with Crippen molar-refractivity contribution < 1.29 is 9.53 Å². The largest absolute Gasteiger partial charge is 0.494 e. The predicted molar refractivity (Wildman–Crippen MR) is 75.9 cm³/mol. The number of rotatable bonds is 7. The summed E-state index contributed by atoms with van der Waals surface area (Å²) in [5.41, 5.74) is 0.538. The van der Waals surface area contributed by atoms with Crippen molar-refractivity contribution in [2.24, 2.45) is 0 Å². The van der Waals surface area contributed by atoms with Crippen molar-refractivity contribution in [2.45, 2.75) is 19.3 Å². The van der Waals surface area contributed by atoms with Crippen LogP contribution in [-0.4, -0.2) is 29.0 Å². The number of methoxy groups -OCH3 is 1. The van der Waals surface area contributed by atoms with E-state index in [1.807, 2.05) is 0 Å². The van der Waals surface area contributed by atoms with E-state index in [2.05, 4.69) is 32.9 Å². The SMILES string of the molecule is COc1cnccc1C(=O)NCCCCCI. The van der Waals surface area contributed by atoms with E-state index in [1.54, 1.807) is 18.5 Å². The number of nitrogens with zero attached hydrogens (tertiary/aromatic N) is 1. The molecule has 94 valence electrons. The number of aromatic nitrogens is 1. The predicted octanol–water partition coefficient (Wildman–Crippen LogP) is 2.43. The Labute approximate surface area is 115 Å². The summed E-state index contributed by atoms with van der Waals surface area (Å²) in [6.07, 6.45) is 6.51. The normalized spacial score (nSPS) is 10.0. The summed E-state index contributed by atoms with van der Waals surface area (Å²) >= 11 is 2.36. The van der Waals surface area contributed by atoms with Crippen molar-refractivity contribution in [2.75, 3.05) is 18.1 Å². The Hall–Kier alpha value is -0.850. The second-order valence-electron chi connectivity index (χ2n) is 3.58. The molecule has 1 heterocycles. The minimum absolute atomic E-state index is 0.0984. The van der Waals surface area contributed by atoms with Crippen LogP contribution in [0.15, 0.2) is 18.5 Å². The number of carbonyl (C=O) groups excluding carboxylic acids is 1. The van der Waals surface area contributed by atoms with Gasteiger partial charge in [-0.05, 0) is 23.3 Å². The Kier molecular flexibility index (Phi) is 6.91. The lowest BCUT2D eigenvalue weighted by Gasteiger charge is -2.08. The van der Waals surface area contributed by atoms with Crippen molar-refractivity contribution in [1.82, 2.24) is 10.3 Å². The summed E-state index contributed by atoms with van der Waals surface area (Å²) < 4.78 is 6.26. The summed E-state index contributed by atoms with van der Waals surface area (Å²) in [6.45, 7) is 0.709. The molecule has 0 fully saturated rings. The maximum absolute atomic E-state index is 11.8. The third-order valence-electron chi connectivity index (χ3n) is 2.35. The second kappa shape index (κ2) is 8.27. The van der Waals surface area contributed by atoms with Gasteiger partial charge in [0.05, 0.1) is 18.9 Å². The van der Waals surface area contributed by atoms with Gasteiger partial charge in [0, 0.05) is 12.7 Å². The van der Waals surface area contributed by atoms with Crippen LogP contribution in [0.1, 0.15) is 29.6 Å². The van der Waals surface area contributed by atoms with Gasteiger partial charge in [0.15, 0.2) is 0 Å². The Morgan fingerprint density at radius 1 is 1.47 bits per heavy atom. The fourth-order valence-electron chi connectivity index (χ4n) is 1.42. The van der Waals surface area contributed by atoms with Gasteiger partial charge in [-0.15, -0.1) is 0 Å². The number of ether oxygens (including phenoxy) is 1. The first-order chi connectivity index (χ1) is 8.29. The van der Waals surface area contributed by atoms with Crippen LogP contribution in [0.3, 0.4) is 0 Å². The molecule has 1 aromatic heterocycles. The molecule has 5 heteroatoms. The van der Waals surface area contributed by atoms with Gasteiger partial charge < -0.3 is 10.1 Å². The maximum atomic E-state index is 11.8. The van der Waals surface area contributed by atoms with E-state index >= 15 is 0 Å². The van der Waals surface area contributed by atoms with Crippen LogP contribution >= 0.6 is 22.6 Å². The zero-order valence-corrected chi connectivity index (χ0v) is 12.1. The minimum Gasteiger partial charge on any atom is -0.494 e. The number of carbonyl (C=O) groups is 1. The highest BCUT2D eigenvalue weighted by molar-refractivity contribution is 14.1. The van der Waals surface area contributed by atoms with Gasteiger partial charge in [-0.3, -0.25) is 9.78 Å². The van der Waals surface area contributed by atoms with Gasteiger partial charge in [-0.1, -0.05) is 29.0 Å². The average Bonchev–Trinajstić information content (AvgIpc) is 2.38. The molecule has 1 N–H and O–H groups in total. The fourth-order valence-corrected chi connectivity index (χ4v) is 1.96. The molecule has 0 unspecified atom stereocenters. The fraction of sp³-hybridized carbons (Fsp3) is 0.500. The van der Waals surface area contributed by atoms with Crippen molar-refractivity contribution in [3.63, 3.8) is 0 Å². The van der Waals surface area contributed by atoms with Crippen LogP contribution in [0, 0.1) is 0 Å².